The Labute approximate surface area is 108 Å². The van der Waals surface area contributed by atoms with Crippen molar-refractivity contribution in [1.29, 1.82) is 0 Å². The molecule has 0 bridgehead atoms. The highest BCUT2D eigenvalue weighted by molar-refractivity contribution is 7.81. The lowest BCUT2D eigenvalue weighted by molar-refractivity contribution is -0.120. The van der Waals surface area contributed by atoms with E-state index in [0.29, 0.717) is 13.2 Å². The number of amides is 1. The molecule has 0 aliphatic rings. The maximum atomic E-state index is 11.2. The highest BCUT2D eigenvalue weighted by Crippen LogP contribution is 2.06. The lowest BCUT2D eigenvalue weighted by Crippen LogP contribution is -2.47. The number of rotatable bonds is 6. The van der Waals surface area contributed by atoms with Crippen LogP contribution in [0.5, 0.6) is 0 Å². The van der Waals surface area contributed by atoms with Gasteiger partial charge in [-0.15, -0.1) is 0 Å². The Morgan fingerprint density at radius 2 is 2.00 bits per heavy atom. The second-order valence-corrected chi connectivity index (χ2v) is 4.88. The minimum absolute atomic E-state index is 0.0818. The number of carbonyl (C=O) groups is 1. The molecule has 0 saturated heterocycles. The smallest absolute Gasteiger partial charge is 0.230 e. The average Bonchev–Trinajstić information content (AvgIpc) is 2.29. The zero-order valence-electron chi connectivity index (χ0n) is 10.3. The molecule has 1 N–H and O–H groups in total. The van der Waals surface area contributed by atoms with E-state index in [2.05, 4.69) is 17.9 Å². The third-order valence-electron chi connectivity index (χ3n) is 2.20. The van der Waals surface area contributed by atoms with Crippen molar-refractivity contribution in [3.8, 4) is 0 Å². The van der Waals surface area contributed by atoms with Crippen LogP contribution in [0, 0.1) is 0 Å². The molecule has 0 atom stereocenters. The fourth-order valence-corrected chi connectivity index (χ4v) is 1.53. The van der Waals surface area contributed by atoms with Crippen molar-refractivity contribution in [3.05, 3.63) is 35.9 Å². The van der Waals surface area contributed by atoms with Crippen LogP contribution in [0.3, 0.4) is 0 Å². The summed E-state index contributed by atoms with van der Waals surface area (Å²) in [5, 5.41) is 2.85. The Kier molecular flexibility index (Phi) is 5.51. The quantitative estimate of drug-likeness (QED) is 0.761. The molecule has 17 heavy (non-hydrogen) atoms. The van der Waals surface area contributed by atoms with E-state index >= 15 is 0 Å². The first-order chi connectivity index (χ1) is 8.03. The Bertz CT molecular complexity index is 352. The maximum absolute atomic E-state index is 11.2. The van der Waals surface area contributed by atoms with Gasteiger partial charge >= 0.3 is 0 Å². The second-order valence-electron chi connectivity index (χ2n) is 4.57. The van der Waals surface area contributed by atoms with Crippen LogP contribution in [-0.4, -0.2) is 23.8 Å². The summed E-state index contributed by atoms with van der Waals surface area (Å²) in [5.41, 5.74) is 0.762. The van der Waals surface area contributed by atoms with Crippen molar-refractivity contribution in [2.24, 2.45) is 0 Å². The molecular formula is C13H19NO2S. The minimum atomic E-state index is -0.366. The van der Waals surface area contributed by atoms with Crippen LogP contribution in [0.15, 0.2) is 30.3 Å². The topological polar surface area (TPSA) is 38.3 Å². The van der Waals surface area contributed by atoms with E-state index in [4.69, 9.17) is 4.74 Å². The van der Waals surface area contributed by atoms with E-state index in [1.165, 1.54) is 0 Å². The van der Waals surface area contributed by atoms with Gasteiger partial charge in [0.2, 0.25) is 5.91 Å². The Balaban J connectivity index is 2.32. The molecule has 0 radical (unpaired) electrons. The van der Waals surface area contributed by atoms with Crippen LogP contribution in [0.25, 0.3) is 0 Å². The van der Waals surface area contributed by atoms with Crippen molar-refractivity contribution >= 4 is 18.5 Å². The van der Waals surface area contributed by atoms with Gasteiger partial charge in [-0.1, -0.05) is 30.3 Å². The van der Waals surface area contributed by atoms with Crippen molar-refractivity contribution < 1.29 is 9.53 Å². The molecule has 0 unspecified atom stereocenters. The summed E-state index contributed by atoms with van der Waals surface area (Å²) in [7, 11) is 0. The fraction of sp³-hybridized carbons (Fsp3) is 0.462. The summed E-state index contributed by atoms with van der Waals surface area (Å²) >= 11 is 3.92. The summed E-state index contributed by atoms with van der Waals surface area (Å²) in [6, 6.07) is 9.96. The third kappa shape index (κ3) is 5.75. The normalized spacial score (nSPS) is 11.2. The van der Waals surface area contributed by atoms with E-state index in [0.717, 1.165) is 5.56 Å². The van der Waals surface area contributed by atoms with Crippen LogP contribution >= 0.6 is 12.6 Å². The summed E-state index contributed by atoms with van der Waals surface area (Å²) in [5.74, 6) is 0.115. The van der Waals surface area contributed by atoms with Gasteiger partial charge in [0.05, 0.1) is 24.5 Å². The van der Waals surface area contributed by atoms with E-state index in [1.54, 1.807) is 0 Å². The molecule has 0 aliphatic heterocycles. The van der Waals surface area contributed by atoms with Crippen molar-refractivity contribution in [2.45, 2.75) is 26.0 Å². The molecule has 1 rings (SSSR count). The number of carbonyl (C=O) groups excluding carboxylic acids is 1. The van der Waals surface area contributed by atoms with Gasteiger partial charge in [0.1, 0.15) is 0 Å². The van der Waals surface area contributed by atoms with Crippen LogP contribution in [0.4, 0.5) is 0 Å². The van der Waals surface area contributed by atoms with Gasteiger partial charge in [0.15, 0.2) is 0 Å². The number of hydrogen-bond donors (Lipinski definition) is 2. The Morgan fingerprint density at radius 1 is 1.35 bits per heavy atom. The first kappa shape index (κ1) is 14.1. The second kappa shape index (κ2) is 6.67. The predicted octanol–water partition coefficient (Wildman–Crippen LogP) is 2.03. The molecular weight excluding hydrogens is 234 g/mol. The van der Waals surface area contributed by atoms with Crippen LogP contribution in [-0.2, 0) is 16.1 Å². The molecule has 0 fully saturated rings. The van der Waals surface area contributed by atoms with Crippen molar-refractivity contribution in [1.82, 2.24) is 5.32 Å². The highest BCUT2D eigenvalue weighted by Gasteiger charge is 2.19. The van der Waals surface area contributed by atoms with Crippen molar-refractivity contribution in [3.63, 3.8) is 0 Å². The van der Waals surface area contributed by atoms with Gasteiger partial charge in [0.25, 0.3) is 0 Å². The lowest BCUT2D eigenvalue weighted by atomic mass is 10.1. The van der Waals surface area contributed by atoms with Crippen LogP contribution in [0.2, 0.25) is 0 Å². The summed E-state index contributed by atoms with van der Waals surface area (Å²) < 4.78 is 5.59. The number of hydrogen-bond acceptors (Lipinski definition) is 3. The average molecular weight is 253 g/mol. The van der Waals surface area contributed by atoms with Gasteiger partial charge in [-0.3, -0.25) is 4.79 Å². The van der Waals surface area contributed by atoms with Crippen LogP contribution < -0.4 is 5.32 Å². The summed E-state index contributed by atoms with van der Waals surface area (Å²) in [6.07, 6.45) is 0. The highest BCUT2D eigenvalue weighted by atomic mass is 32.1. The molecule has 94 valence electrons. The Morgan fingerprint density at radius 3 is 2.59 bits per heavy atom. The summed E-state index contributed by atoms with van der Waals surface area (Å²) in [4.78, 5) is 11.2. The third-order valence-corrected chi connectivity index (χ3v) is 2.48. The zero-order chi connectivity index (χ0) is 12.7. The van der Waals surface area contributed by atoms with Gasteiger partial charge in [-0.05, 0) is 19.4 Å². The van der Waals surface area contributed by atoms with E-state index in [-0.39, 0.29) is 17.2 Å². The van der Waals surface area contributed by atoms with Gasteiger partial charge in [-0.2, -0.15) is 12.6 Å². The molecule has 4 heteroatoms. The summed E-state index contributed by atoms with van der Waals surface area (Å²) in [6.45, 7) is 4.89. The molecule has 1 aromatic carbocycles. The number of nitrogens with one attached hydrogen (secondary N) is 1. The van der Waals surface area contributed by atoms with Gasteiger partial charge in [-0.25, -0.2) is 0 Å². The number of ether oxygens (including phenoxy) is 1. The van der Waals surface area contributed by atoms with E-state index in [9.17, 15) is 4.79 Å². The van der Waals surface area contributed by atoms with Crippen LogP contribution in [0.1, 0.15) is 19.4 Å². The molecule has 0 spiro atoms. The number of thiol groups is 1. The van der Waals surface area contributed by atoms with Gasteiger partial charge in [0, 0.05) is 0 Å². The molecule has 1 amide bonds. The molecule has 0 aliphatic carbocycles. The first-order valence-electron chi connectivity index (χ1n) is 5.57. The molecule has 0 saturated carbocycles. The monoisotopic (exact) mass is 253 g/mol. The largest absolute Gasteiger partial charge is 0.374 e. The SMILES string of the molecule is CC(C)(COCc1ccccc1)NC(=O)CS. The molecule has 0 aromatic heterocycles. The lowest BCUT2D eigenvalue weighted by Gasteiger charge is -2.25. The molecule has 0 heterocycles. The molecule has 3 nitrogen and oxygen atoms in total. The van der Waals surface area contributed by atoms with E-state index < -0.39 is 0 Å². The zero-order valence-corrected chi connectivity index (χ0v) is 11.2. The fourth-order valence-electron chi connectivity index (χ4n) is 1.45. The first-order valence-corrected chi connectivity index (χ1v) is 6.20. The maximum Gasteiger partial charge on any atom is 0.230 e. The Hall–Kier alpha value is -1.000. The van der Waals surface area contributed by atoms with Crippen molar-refractivity contribution in [2.75, 3.05) is 12.4 Å². The predicted molar refractivity (Wildman–Crippen MR) is 72.2 cm³/mol. The number of benzene rings is 1. The molecule has 1 aromatic rings. The van der Waals surface area contributed by atoms with E-state index in [1.807, 2.05) is 44.2 Å². The minimum Gasteiger partial charge on any atom is -0.374 e. The van der Waals surface area contributed by atoms with Gasteiger partial charge < -0.3 is 10.1 Å². The standard InChI is InChI=1S/C13H19NO2S/c1-13(2,14-12(15)9-17)10-16-8-11-6-4-3-5-7-11/h3-7,17H,8-10H2,1-2H3,(H,14,15).